The van der Waals surface area contributed by atoms with Crippen molar-refractivity contribution in [1.29, 1.82) is 0 Å². The van der Waals surface area contributed by atoms with Crippen LogP contribution in [0, 0.1) is 5.92 Å². The molecule has 0 radical (unpaired) electrons. The number of aliphatic hydroxyl groups excluding tert-OH is 1. The summed E-state index contributed by atoms with van der Waals surface area (Å²) in [4.78, 5) is 8.32. The Hall–Kier alpha value is -1.00. The summed E-state index contributed by atoms with van der Waals surface area (Å²) in [6.07, 6.45) is 7.63. The zero-order chi connectivity index (χ0) is 11.2. The molecule has 1 fully saturated rings. The third kappa shape index (κ3) is 3.54. The lowest BCUT2D eigenvalue weighted by Gasteiger charge is -2.25. The molecule has 88 valence electrons. The largest absolute Gasteiger partial charge is 0.393 e. The maximum atomic E-state index is 9.39. The monoisotopic (exact) mass is 221 g/mol. The van der Waals surface area contributed by atoms with Crippen molar-refractivity contribution in [2.45, 2.75) is 38.3 Å². The molecule has 1 heterocycles. The van der Waals surface area contributed by atoms with Gasteiger partial charge in [0.1, 0.15) is 5.82 Å². The molecule has 1 aromatic rings. The van der Waals surface area contributed by atoms with E-state index in [-0.39, 0.29) is 6.10 Å². The van der Waals surface area contributed by atoms with Gasteiger partial charge in [0.15, 0.2) is 0 Å². The average Bonchev–Trinajstić information content (AvgIpc) is 2.33. The number of rotatable bonds is 4. The van der Waals surface area contributed by atoms with Crippen molar-refractivity contribution >= 4 is 0 Å². The first-order valence-electron chi connectivity index (χ1n) is 5.99. The Balaban J connectivity index is 1.65. The van der Waals surface area contributed by atoms with Gasteiger partial charge in [0.2, 0.25) is 0 Å². The summed E-state index contributed by atoms with van der Waals surface area (Å²) < 4.78 is 0. The van der Waals surface area contributed by atoms with E-state index in [0.29, 0.717) is 5.92 Å². The normalized spacial score (nSPS) is 25.6. The highest BCUT2D eigenvalue weighted by Crippen LogP contribution is 2.23. The van der Waals surface area contributed by atoms with Crippen LogP contribution in [0.5, 0.6) is 0 Å². The minimum atomic E-state index is -0.0614. The van der Waals surface area contributed by atoms with Crippen LogP contribution in [0.4, 0.5) is 0 Å². The third-order valence-electron chi connectivity index (χ3n) is 3.15. The van der Waals surface area contributed by atoms with Crippen molar-refractivity contribution in [3.8, 4) is 0 Å². The minimum absolute atomic E-state index is 0.0614. The summed E-state index contributed by atoms with van der Waals surface area (Å²) in [6, 6.07) is 1.83. The lowest BCUT2D eigenvalue weighted by atomic mass is 9.87. The maximum Gasteiger partial charge on any atom is 0.141 e. The SMILES string of the molecule is OC1CCC(CNCc2ncccn2)CC1. The fourth-order valence-electron chi connectivity index (χ4n) is 2.16. The Morgan fingerprint density at radius 2 is 1.88 bits per heavy atom. The number of hydrogen-bond donors (Lipinski definition) is 2. The fourth-order valence-corrected chi connectivity index (χ4v) is 2.16. The molecule has 1 aliphatic rings. The molecular weight excluding hydrogens is 202 g/mol. The predicted octanol–water partition coefficient (Wildman–Crippen LogP) is 1.12. The maximum absolute atomic E-state index is 9.39. The molecule has 0 aromatic carbocycles. The van der Waals surface area contributed by atoms with E-state index in [1.807, 2.05) is 6.07 Å². The van der Waals surface area contributed by atoms with Crippen molar-refractivity contribution in [3.63, 3.8) is 0 Å². The zero-order valence-electron chi connectivity index (χ0n) is 9.47. The van der Waals surface area contributed by atoms with Gasteiger partial charge < -0.3 is 10.4 Å². The molecule has 2 N–H and O–H groups in total. The molecule has 0 saturated heterocycles. The van der Waals surface area contributed by atoms with Crippen molar-refractivity contribution in [1.82, 2.24) is 15.3 Å². The molecule has 16 heavy (non-hydrogen) atoms. The van der Waals surface area contributed by atoms with Crippen LogP contribution in [-0.4, -0.2) is 27.7 Å². The molecule has 0 atom stereocenters. The Morgan fingerprint density at radius 3 is 2.56 bits per heavy atom. The van der Waals surface area contributed by atoms with E-state index in [1.165, 1.54) is 0 Å². The molecule has 4 nitrogen and oxygen atoms in total. The Bertz CT molecular complexity index is 296. The second-order valence-electron chi connectivity index (χ2n) is 4.47. The lowest BCUT2D eigenvalue weighted by Crippen LogP contribution is -2.28. The summed E-state index contributed by atoms with van der Waals surface area (Å²) in [7, 11) is 0. The number of nitrogens with zero attached hydrogens (tertiary/aromatic N) is 2. The van der Waals surface area contributed by atoms with Crippen molar-refractivity contribution in [2.75, 3.05) is 6.54 Å². The molecule has 2 rings (SSSR count). The van der Waals surface area contributed by atoms with E-state index in [0.717, 1.165) is 44.6 Å². The van der Waals surface area contributed by atoms with E-state index in [2.05, 4.69) is 15.3 Å². The summed E-state index contributed by atoms with van der Waals surface area (Å²) in [5.74, 6) is 1.55. The molecule has 0 spiro atoms. The van der Waals surface area contributed by atoms with Crippen LogP contribution in [0.25, 0.3) is 0 Å². The Labute approximate surface area is 96.1 Å². The Kier molecular flexibility index (Phi) is 4.25. The van der Waals surface area contributed by atoms with E-state index < -0.39 is 0 Å². The first-order valence-corrected chi connectivity index (χ1v) is 5.99. The summed E-state index contributed by atoms with van der Waals surface area (Å²) in [5.41, 5.74) is 0. The van der Waals surface area contributed by atoms with Crippen molar-refractivity contribution in [3.05, 3.63) is 24.3 Å². The summed E-state index contributed by atoms with van der Waals surface area (Å²) >= 11 is 0. The molecule has 0 aliphatic heterocycles. The first kappa shape index (κ1) is 11.5. The van der Waals surface area contributed by atoms with Crippen LogP contribution in [0.1, 0.15) is 31.5 Å². The van der Waals surface area contributed by atoms with E-state index in [1.54, 1.807) is 12.4 Å². The number of aromatic nitrogens is 2. The van der Waals surface area contributed by atoms with Gasteiger partial charge in [0.25, 0.3) is 0 Å². The van der Waals surface area contributed by atoms with E-state index in [4.69, 9.17) is 0 Å². The molecule has 0 amide bonds. The van der Waals surface area contributed by atoms with Gasteiger partial charge in [-0.25, -0.2) is 9.97 Å². The van der Waals surface area contributed by atoms with Gasteiger partial charge in [-0.2, -0.15) is 0 Å². The quantitative estimate of drug-likeness (QED) is 0.800. The van der Waals surface area contributed by atoms with Crippen LogP contribution >= 0.6 is 0 Å². The molecule has 4 heteroatoms. The van der Waals surface area contributed by atoms with Gasteiger partial charge in [-0.3, -0.25) is 0 Å². The van der Waals surface area contributed by atoms with Crippen LogP contribution in [0.2, 0.25) is 0 Å². The molecule has 1 aliphatic carbocycles. The average molecular weight is 221 g/mol. The number of aliphatic hydroxyl groups is 1. The van der Waals surface area contributed by atoms with Crippen LogP contribution in [0.15, 0.2) is 18.5 Å². The molecular formula is C12H19N3O. The molecule has 1 aromatic heterocycles. The number of nitrogens with one attached hydrogen (secondary N) is 1. The van der Waals surface area contributed by atoms with Gasteiger partial charge in [-0.15, -0.1) is 0 Å². The van der Waals surface area contributed by atoms with Gasteiger partial charge in [-0.1, -0.05) is 0 Å². The predicted molar refractivity (Wildman–Crippen MR) is 61.7 cm³/mol. The highest BCUT2D eigenvalue weighted by atomic mass is 16.3. The van der Waals surface area contributed by atoms with Crippen LogP contribution in [0.3, 0.4) is 0 Å². The third-order valence-corrected chi connectivity index (χ3v) is 3.15. The lowest BCUT2D eigenvalue weighted by molar-refractivity contribution is 0.108. The van der Waals surface area contributed by atoms with Crippen LogP contribution in [-0.2, 0) is 6.54 Å². The van der Waals surface area contributed by atoms with Gasteiger partial charge >= 0.3 is 0 Å². The summed E-state index contributed by atoms with van der Waals surface area (Å²) in [6.45, 7) is 1.74. The smallest absolute Gasteiger partial charge is 0.141 e. The van der Waals surface area contributed by atoms with Crippen molar-refractivity contribution in [2.24, 2.45) is 5.92 Å². The van der Waals surface area contributed by atoms with Crippen LogP contribution < -0.4 is 5.32 Å². The number of hydrogen-bond acceptors (Lipinski definition) is 4. The van der Waals surface area contributed by atoms with Gasteiger partial charge in [0, 0.05) is 12.4 Å². The standard InChI is InChI=1S/C12H19N3O/c16-11-4-2-10(3-5-11)8-13-9-12-14-6-1-7-15-12/h1,6-7,10-11,13,16H,2-5,8-9H2. The topological polar surface area (TPSA) is 58.0 Å². The van der Waals surface area contributed by atoms with Gasteiger partial charge in [0.05, 0.1) is 12.6 Å². The molecule has 0 unspecified atom stereocenters. The minimum Gasteiger partial charge on any atom is -0.393 e. The highest BCUT2D eigenvalue weighted by molar-refractivity contribution is 4.88. The second kappa shape index (κ2) is 5.92. The summed E-state index contributed by atoms with van der Waals surface area (Å²) in [5, 5.41) is 12.8. The second-order valence-corrected chi connectivity index (χ2v) is 4.47. The van der Waals surface area contributed by atoms with E-state index >= 15 is 0 Å². The molecule has 0 bridgehead atoms. The molecule has 1 saturated carbocycles. The highest BCUT2D eigenvalue weighted by Gasteiger charge is 2.18. The van der Waals surface area contributed by atoms with E-state index in [9.17, 15) is 5.11 Å². The zero-order valence-corrected chi connectivity index (χ0v) is 9.47. The Morgan fingerprint density at radius 1 is 1.19 bits per heavy atom. The fraction of sp³-hybridized carbons (Fsp3) is 0.667. The first-order chi connectivity index (χ1) is 7.84. The van der Waals surface area contributed by atoms with Gasteiger partial charge in [-0.05, 0) is 44.2 Å². The van der Waals surface area contributed by atoms with Crippen molar-refractivity contribution < 1.29 is 5.11 Å².